The first-order valence-electron chi connectivity index (χ1n) is 12.9. The molecule has 8 nitrogen and oxygen atoms in total. The van der Waals surface area contributed by atoms with Gasteiger partial charge in [0, 0.05) is 25.6 Å². The molecule has 1 aliphatic carbocycles. The number of nitrogens with one attached hydrogen (secondary N) is 1. The molecule has 2 aromatic rings. The summed E-state index contributed by atoms with van der Waals surface area (Å²) < 4.78 is 31.6. The molecule has 0 saturated heterocycles. The third-order valence-electron chi connectivity index (χ3n) is 6.92. The highest BCUT2D eigenvalue weighted by molar-refractivity contribution is 7.92. The van der Waals surface area contributed by atoms with Crippen molar-refractivity contribution in [2.24, 2.45) is 0 Å². The van der Waals surface area contributed by atoms with Crippen LogP contribution in [0.5, 0.6) is 5.75 Å². The van der Waals surface area contributed by atoms with Gasteiger partial charge in [-0.25, -0.2) is 8.42 Å². The van der Waals surface area contributed by atoms with E-state index in [9.17, 15) is 18.0 Å². The highest BCUT2D eigenvalue weighted by Crippen LogP contribution is 2.23. The zero-order chi connectivity index (χ0) is 27.0. The molecule has 9 heteroatoms. The Morgan fingerprint density at radius 1 is 1.08 bits per heavy atom. The lowest BCUT2D eigenvalue weighted by Gasteiger charge is -2.30. The highest BCUT2D eigenvalue weighted by atomic mass is 32.2. The van der Waals surface area contributed by atoms with Gasteiger partial charge in [-0.05, 0) is 62.4 Å². The van der Waals surface area contributed by atoms with Gasteiger partial charge in [-0.2, -0.15) is 0 Å². The Morgan fingerprint density at radius 3 is 2.32 bits per heavy atom. The second-order valence-electron chi connectivity index (χ2n) is 9.76. The summed E-state index contributed by atoms with van der Waals surface area (Å²) in [4.78, 5) is 28.1. The van der Waals surface area contributed by atoms with Crippen molar-refractivity contribution in [1.29, 1.82) is 0 Å². The minimum atomic E-state index is -3.52. The van der Waals surface area contributed by atoms with Crippen molar-refractivity contribution in [3.8, 4) is 5.75 Å². The molecule has 1 aliphatic rings. The number of sulfonamides is 1. The van der Waals surface area contributed by atoms with Crippen LogP contribution in [0.15, 0.2) is 48.5 Å². The lowest BCUT2D eigenvalue weighted by Crippen LogP contribution is -2.49. The predicted molar refractivity (Wildman–Crippen MR) is 146 cm³/mol. The van der Waals surface area contributed by atoms with E-state index >= 15 is 0 Å². The van der Waals surface area contributed by atoms with Crippen LogP contribution in [-0.4, -0.2) is 57.1 Å². The first-order valence-corrected chi connectivity index (χ1v) is 14.7. The van der Waals surface area contributed by atoms with Crippen LogP contribution in [0.2, 0.25) is 0 Å². The fraction of sp³-hybridized carbons (Fsp3) is 0.500. The summed E-state index contributed by atoms with van der Waals surface area (Å²) in [6.07, 6.45) is 5.76. The number of anilines is 1. The Labute approximate surface area is 221 Å². The molecule has 0 heterocycles. The van der Waals surface area contributed by atoms with Gasteiger partial charge in [-0.1, -0.05) is 43.2 Å². The van der Waals surface area contributed by atoms with Crippen LogP contribution in [0.3, 0.4) is 0 Å². The number of carbonyl (C=O) groups excluding carboxylic acids is 2. The molecule has 2 amide bonds. The van der Waals surface area contributed by atoms with E-state index < -0.39 is 16.1 Å². The number of hydrogen-bond acceptors (Lipinski definition) is 5. The van der Waals surface area contributed by atoms with E-state index in [2.05, 4.69) is 5.32 Å². The Hall–Kier alpha value is -3.07. The van der Waals surface area contributed by atoms with Crippen LogP contribution in [-0.2, 0) is 26.2 Å². The number of ether oxygens (including phenoxy) is 1. The second kappa shape index (κ2) is 12.9. The molecule has 2 aromatic carbocycles. The summed E-state index contributed by atoms with van der Waals surface area (Å²) in [6, 6.07) is 14.2. The number of hydrogen-bond donors (Lipinski definition) is 1. The number of nitrogens with zero attached hydrogens (tertiary/aromatic N) is 2. The molecule has 1 saturated carbocycles. The van der Waals surface area contributed by atoms with Crippen molar-refractivity contribution in [3.05, 3.63) is 59.7 Å². The average molecular weight is 530 g/mol. The van der Waals surface area contributed by atoms with Crippen molar-refractivity contribution in [3.63, 3.8) is 0 Å². The Bertz CT molecular complexity index is 1160. The van der Waals surface area contributed by atoms with Gasteiger partial charge in [0.1, 0.15) is 11.8 Å². The summed E-state index contributed by atoms with van der Waals surface area (Å²) in [6.45, 7) is 4.06. The molecule has 3 rings (SSSR count). The molecule has 37 heavy (non-hydrogen) atoms. The van der Waals surface area contributed by atoms with Crippen LogP contribution in [0.1, 0.15) is 56.6 Å². The van der Waals surface area contributed by atoms with Crippen molar-refractivity contribution in [2.75, 3.05) is 24.2 Å². The number of para-hydroxylation sites is 1. The van der Waals surface area contributed by atoms with Gasteiger partial charge in [0.05, 0.1) is 19.1 Å². The second-order valence-corrected chi connectivity index (χ2v) is 11.7. The molecule has 202 valence electrons. The quantitative estimate of drug-likeness (QED) is 0.448. The van der Waals surface area contributed by atoms with Crippen LogP contribution >= 0.6 is 0 Å². The highest BCUT2D eigenvalue weighted by Gasteiger charge is 2.29. The Balaban J connectivity index is 1.72. The topological polar surface area (TPSA) is 96.0 Å². The van der Waals surface area contributed by atoms with Gasteiger partial charge in [0.2, 0.25) is 21.8 Å². The van der Waals surface area contributed by atoms with Crippen LogP contribution in [0, 0.1) is 6.92 Å². The molecule has 0 radical (unpaired) electrons. The number of carbonyl (C=O) groups is 2. The van der Waals surface area contributed by atoms with Crippen LogP contribution < -0.4 is 14.4 Å². The van der Waals surface area contributed by atoms with Crippen LogP contribution in [0.25, 0.3) is 0 Å². The Morgan fingerprint density at radius 2 is 1.73 bits per heavy atom. The van der Waals surface area contributed by atoms with Gasteiger partial charge in [0.25, 0.3) is 0 Å². The van der Waals surface area contributed by atoms with E-state index in [-0.39, 0.29) is 37.4 Å². The van der Waals surface area contributed by atoms with Crippen molar-refractivity contribution in [2.45, 2.75) is 71.0 Å². The summed E-state index contributed by atoms with van der Waals surface area (Å²) in [5, 5.41) is 3.10. The minimum absolute atomic E-state index is 0.120. The lowest BCUT2D eigenvalue weighted by atomic mass is 10.1. The van der Waals surface area contributed by atoms with Gasteiger partial charge in [0.15, 0.2) is 0 Å². The fourth-order valence-electron chi connectivity index (χ4n) is 4.73. The molecule has 0 unspecified atom stereocenters. The molecule has 1 N–H and O–H groups in total. The van der Waals surface area contributed by atoms with Gasteiger partial charge in [-0.3, -0.25) is 13.9 Å². The molecular formula is C28H39N3O5S. The molecule has 0 spiro atoms. The third-order valence-corrected chi connectivity index (χ3v) is 8.10. The van der Waals surface area contributed by atoms with E-state index in [1.807, 2.05) is 43.3 Å². The zero-order valence-electron chi connectivity index (χ0n) is 22.3. The van der Waals surface area contributed by atoms with Gasteiger partial charge < -0.3 is 15.0 Å². The standard InChI is InChI=1S/C28H39N3O5S/c1-21-10-5-8-13-26(21)31(37(4,34)35)19-9-14-27(32)30(20-23-15-17-25(36-3)18-16-23)22(2)28(33)29-24-11-6-7-12-24/h5,8,10,13,15-18,22,24H,6-7,9,11-12,14,19-20H2,1-4H3,(H,29,33)/t22-/m0/s1. The largest absolute Gasteiger partial charge is 0.497 e. The maximum atomic E-state index is 13.4. The summed E-state index contributed by atoms with van der Waals surface area (Å²) in [5.41, 5.74) is 2.33. The van der Waals surface area contributed by atoms with Crippen molar-refractivity contribution >= 4 is 27.5 Å². The average Bonchev–Trinajstić information content (AvgIpc) is 3.38. The third kappa shape index (κ3) is 7.95. The number of benzene rings is 2. The normalized spacial score (nSPS) is 14.7. The fourth-order valence-corrected chi connectivity index (χ4v) is 5.75. The van der Waals surface area contributed by atoms with E-state index in [1.54, 1.807) is 31.1 Å². The molecule has 0 aromatic heterocycles. The number of aryl methyl sites for hydroxylation is 1. The number of methoxy groups -OCH3 is 1. The lowest BCUT2D eigenvalue weighted by molar-refractivity contribution is -0.141. The molecule has 1 fully saturated rings. The van der Waals surface area contributed by atoms with E-state index in [0.29, 0.717) is 17.9 Å². The maximum Gasteiger partial charge on any atom is 0.242 e. The molecule has 0 bridgehead atoms. The zero-order valence-corrected chi connectivity index (χ0v) is 23.1. The Kier molecular flexibility index (Phi) is 9.97. The first-order chi connectivity index (χ1) is 17.6. The predicted octanol–water partition coefficient (Wildman–Crippen LogP) is 4.03. The smallest absolute Gasteiger partial charge is 0.242 e. The van der Waals surface area contributed by atoms with E-state index in [1.165, 1.54) is 10.6 Å². The summed E-state index contributed by atoms with van der Waals surface area (Å²) in [7, 11) is -1.93. The molecule has 1 atom stereocenters. The van der Waals surface area contributed by atoms with Crippen molar-refractivity contribution < 1.29 is 22.7 Å². The van der Waals surface area contributed by atoms with Gasteiger partial charge >= 0.3 is 0 Å². The van der Waals surface area contributed by atoms with Crippen molar-refractivity contribution in [1.82, 2.24) is 10.2 Å². The molecule has 0 aliphatic heterocycles. The summed E-state index contributed by atoms with van der Waals surface area (Å²) >= 11 is 0. The SMILES string of the molecule is COc1ccc(CN(C(=O)CCCN(c2ccccc2C)S(C)(=O)=O)[C@@H](C)C(=O)NC2CCCC2)cc1. The van der Waals surface area contributed by atoms with Crippen LogP contribution in [0.4, 0.5) is 5.69 Å². The minimum Gasteiger partial charge on any atom is -0.497 e. The van der Waals surface area contributed by atoms with Gasteiger partial charge in [-0.15, -0.1) is 0 Å². The van der Waals surface area contributed by atoms with E-state index in [4.69, 9.17) is 4.74 Å². The maximum absolute atomic E-state index is 13.4. The first kappa shape index (κ1) is 28.5. The van der Waals surface area contributed by atoms with E-state index in [0.717, 1.165) is 36.8 Å². The number of rotatable bonds is 12. The summed E-state index contributed by atoms with van der Waals surface area (Å²) in [5.74, 6) is 0.361. The monoisotopic (exact) mass is 529 g/mol. The molecular weight excluding hydrogens is 490 g/mol. The number of amides is 2.